The zero-order valence-electron chi connectivity index (χ0n) is 14.2. The third-order valence-electron chi connectivity index (χ3n) is 4.23. The maximum Gasteiger partial charge on any atom is 0.256 e. The molecular weight excluding hydrogens is 308 g/mol. The van der Waals surface area contributed by atoms with Crippen LogP contribution in [-0.2, 0) is 11.8 Å². The normalized spacial score (nSPS) is 20.1. The number of nitrogens with zero attached hydrogens (tertiary/aromatic N) is 3. The Morgan fingerprint density at radius 3 is 3.04 bits per heavy atom. The SMILES string of the molecule is COc1nc(C)ccc1C(=O)NC[C@@H]1CCO[C@H]1c1cnn(C)c1. The summed E-state index contributed by atoms with van der Waals surface area (Å²) in [5, 5.41) is 7.17. The fourth-order valence-electron chi connectivity index (χ4n) is 2.98. The number of aromatic nitrogens is 3. The molecule has 0 aromatic carbocycles. The summed E-state index contributed by atoms with van der Waals surface area (Å²) < 4.78 is 12.8. The number of hydrogen-bond acceptors (Lipinski definition) is 5. The minimum atomic E-state index is -0.184. The molecule has 1 aliphatic heterocycles. The number of amides is 1. The molecule has 1 fully saturated rings. The number of rotatable bonds is 5. The lowest BCUT2D eigenvalue weighted by Crippen LogP contribution is -2.31. The van der Waals surface area contributed by atoms with Crippen LogP contribution in [0.3, 0.4) is 0 Å². The van der Waals surface area contributed by atoms with Gasteiger partial charge in [-0.25, -0.2) is 4.98 Å². The largest absolute Gasteiger partial charge is 0.480 e. The summed E-state index contributed by atoms with van der Waals surface area (Å²) in [6.45, 7) is 3.09. The molecule has 24 heavy (non-hydrogen) atoms. The minimum absolute atomic E-state index is 0.0305. The Kier molecular flexibility index (Phi) is 4.80. The van der Waals surface area contributed by atoms with Crippen LogP contribution in [0.25, 0.3) is 0 Å². The number of carbonyl (C=O) groups is 1. The molecule has 1 amide bonds. The number of hydrogen-bond donors (Lipinski definition) is 1. The molecule has 2 atom stereocenters. The van der Waals surface area contributed by atoms with Crippen LogP contribution < -0.4 is 10.1 Å². The second-order valence-electron chi connectivity index (χ2n) is 6.01. The Labute approximate surface area is 141 Å². The van der Waals surface area contributed by atoms with Gasteiger partial charge in [-0.05, 0) is 25.5 Å². The van der Waals surface area contributed by atoms with Crippen LogP contribution in [0.5, 0.6) is 5.88 Å². The smallest absolute Gasteiger partial charge is 0.256 e. The molecule has 128 valence electrons. The molecule has 3 heterocycles. The van der Waals surface area contributed by atoms with E-state index >= 15 is 0 Å². The first-order valence-electron chi connectivity index (χ1n) is 7.98. The van der Waals surface area contributed by atoms with E-state index in [0.717, 1.165) is 17.7 Å². The molecule has 1 N–H and O–H groups in total. The highest BCUT2D eigenvalue weighted by molar-refractivity contribution is 5.96. The van der Waals surface area contributed by atoms with Crippen molar-refractivity contribution in [3.05, 3.63) is 41.3 Å². The minimum Gasteiger partial charge on any atom is -0.480 e. The third kappa shape index (κ3) is 3.41. The van der Waals surface area contributed by atoms with Gasteiger partial charge in [-0.1, -0.05) is 0 Å². The lowest BCUT2D eigenvalue weighted by atomic mass is 9.97. The Morgan fingerprint density at radius 1 is 1.50 bits per heavy atom. The van der Waals surface area contributed by atoms with Crippen LogP contribution in [0.15, 0.2) is 24.5 Å². The van der Waals surface area contributed by atoms with Gasteiger partial charge in [0.05, 0.1) is 19.4 Å². The molecule has 0 aliphatic carbocycles. The summed E-state index contributed by atoms with van der Waals surface area (Å²) in [6.07, 6.45) is 4.65. The standard InChI is InChI=1S/C17H22N4O3/c1-11-4-5-14(17(20-11)23-3)16(22)18-8-12-6-7-24-15(12)13-9-19-21(2)10-13/h4-5,9-10,12,15H,6-8H2,1-3H3,(H,18,22)/t12-,15+/m0/s1. The average Bonchev–Trinajstić information content (AvgIpc) is 3.20. The van der Waals surface area contributed by atoms with E-state index in [2.05, 4.69) is 15.4 Å². The maximum absolute atomic E-state index is 12.5. The van der Waals surface area contributed by atoms with Gasteiger partial charge in [0.2, 0.25) is 5.88 Å². The first-order chi connectivity index (χ1) is 11.6. The van der Waals surface area contributed by atoms with Gasteiger partial charge in [0.25, 0.3) is 5.91 Å². The lowest BCUT2D eigenvalue weighted by Gasteiger charge is -2.18. The highest BCUT2D eigenvalue weighted by Crippen LogP contribution is 2.33. The summed E-state index contributed by atoms with van der Waals surface area (Å²) in [5.41, 5.74) is 2.30. The van der Waals surface area contributed by atoms with E-state index in [0.29, 0.717) is 24.6 Å². The molecule has 1 aliphatic rings. The van der Waals surface area contributed by atoms with Crippen LogP contribution in [0.4, 0.5) is 0 Å². The topological polar surface area (TPSA) is 78.3 Å². The van der Waals surface area contributed by atoms with Crippen molar-refractivity contribution in [3.8, 4) is 5.88 Å². The van der Waals surface area contributed by atoms with Gasteiger partial charge in [-0.2, -0.15) is 5.10 Å². The molecule has 2 aromatic rings. The Morgan fingerprint density at radius 2 is 2.33 bits per heavy atom. The summed E-state index contributed by atoms with van der Waals surface area (Å²) in [7, 11) is 3.40. The van der Waals surface area contributed by atoms with Crippen LogP contribution in [0.1, 0.15) is 34.1 Å². The van der Waals surface area contributed by atoms with E-state index in [-0.39, 0.29) is 17.9 Å². The lowest BCUT2D eigenvalue weighted by molar-refractivity contribution is 0.0844. The van der Waals surface area contributed by atoms with Crippen LogP contribution in [-0.4, -0.2) is 40.9 Å². The number of nitrogens with one attached hydrogen (secondary N) is 1. The molecule has 7 nitrogen and oxygen atoms in total. The van der Waals surface area contributed by atoms with E-state index in [1.54, 1.807) is 16.8 Å². The van der Waals surface area contributed by atoms with Crippen molar-refractivity contribution in [2.24, 2.45) is 13.0 Å². The van der Waals surface area contributed by atoms with Crippen molar-refractivity contribution in [3.63, 3.8) is 0 Å². The number of ether oxygens (including phenoxy) is 2. The predicted molar refractivity (Wildman–Crippen MR) is 87.9 cm³/mol. The third-order valence-corrected chi connectivity index (χ3v) is 4.23. The Hall–Kier alpha value is -2.41. The van der Waals surface area contributed by atoms with Gasteiger partial charge in [-0.3, -0.25) is 9.48 Å². The van der Waals surface area contributed by atoms with Gasteiger partial charge < -0.3 is 14.8 Å². The summed E-state index contributed by atoms with van der Waals surface area (Å²) >= 11 is 0. The molecule has 0 saturated carbocycles. The molecular formula is C17H22N4O3. The van der Waals surface area contributed by atoms with Crippen LogP contribution in [0, 0.1) is 12.8 Å². The average molecular weight is 330 g/mol. The van der Waals surface area contributed by atoms with Gasteiger partial charge >= 0.3 is 0 Å². The van der Waals surface area contributed by atoms with E-state index in [1.807, 2.05) is 26.4 Å². The summed E-state index contributed by atoms with van der Waals surface area (Å²) in [4.78, 5) is 16.7. The number of pyridine rings is 1. The second-order valence-corrected chi connectivity index (χ2v) is 6.01. The first-order valence-corrected chi connectivity index (χ1v) is 7.98. The van der Waals surface area contributed by atoms with Crippen LogP contribution in [0.2, 0.25) is 0 Å². The molecule has 0 spiro atoms. The molecule has 0 radical (unpaired) electrons. The molecule has 2 aromatic heterocycles. The highest BCUT2D eigenvalue weighted by atomic mass is 16.5. The fraction of sp³-hybridized carbons (Fsp3) is 0.471. The highest BCUT2D eigenvalue weighted by Gasteiger charge is 2.31. The van der Waals surface area contributed by atoms with Crippen molar-refractivity contribution < 1.29 is 14.3 Å². The van der Waals surface area contributed by atoms with Gasteiger partial charge in [0.1, 0.15) is 5.56 Å². The zero-order valence-corrected chi connectivity index (χ0v) is 14.2. The molecule has 7 heteroatoms. The van der Waals surface area contributed by atoms with Crippen molar-refractivity contribution in [2.45, 2.75) is 19.4 Å². The molecule has 0 unspecified atom stereocenters. The second kappa shape index (κ2) is 7.00. The quantitative estimate of drug-likeness (QED) is 0.902. The van der Waals surface area contributed by atoms with Crippen LogP contribution >= 0.6 is 0 Å². The van der Waals surface area contributed by atoms with Crippen molar-refractivity contribution in [1.82, 2.24) is 20.1 Å². The Balaban J connectivity index is 1.65. The summed E-state index contributed by atoms with van der Waals surface area (Å²) in [6, 6.07) is 3.54. The zero-order chi connectivity index (χ0) is 17.1. The van der Waals surface area contributed by atoms with E-state index < -0.39 is 0 Å². The molecule has 0 bridgehead atoms. The van der Waals surface area contributed by atoms with Gasteiger partial charge in [0, 0.05) is 43.6 Å². The fourth-order valence-corrected chi connectivity index (χ4v) is 2.98. The number of aryl methyl sites for hydroxylation is 2. The maximum atomic E-state index is 12.5. The van der Waals surface area contributed by atoms with E-state index in [1.165, 1.54) is 7.11 Å². The number of carbonyl (C=O) groups excluding carboxylic acids is 1. The van der Waals surface area contributed by atoms with E-state index in [9.17, 15) is 4.79 Å². The van der Waals surface area contributed by atoms with Crippen molar-refractivity contribution in [2.75, 3.05) is 20.3 Å². The molecule has 3 rings (SSSR count). The van der Waals surface area contributed by atoms with Gasteiger partial charge in [0.15, 0.2) is 0 Å². The monoisotopic (exact) mass is 330 g/mol. The van der Waals surface area contributed by atoms with Gasteiger partial charge in [-0.15, -0.1) is 0 Å². The number of methoxy groups -OCH3 is 1. The predicted octanol–water partition coefficient (Wildman–Crippen LogP) is 1.64. The van der Waals surface area contributed by atoms with Crippen molar-refractivity contribution >= 4 is 5.91 Å². The van der Waals surface area contributed by atoms with Crippen molar-refractivity contribution in [1.29, 1.82) is 0 Å². The first kappa shape index (κ1) is 16.4. The summed E-state index contributed by atoms with van der Waals surface area (Å²) in [5.74, 6) is 0.387. The van der Waals surface area contributed by atoms with E-state index in [4.69, 9.17) is 9.47 Å². The molecule has 1 saturated heterocycles. The Bertz CT molecular complexity index is 728.